The van der Waals surface area contributed by atoms with Crippen LogP contribution < -0.4 is 0 Å². The Hall–Kier alpha value is -2.62. The molecule has 0 aliphatic carbocycles. The minimum atomic E-state index is 0.203. The molecular formula is C22H25N3O. The topological polar surface area (TPSA) is 38.1 Å². The molecule has 1 amide bonds. The summed E-state index contributed by atoms with van der Waals surface area (Å²) in [7, 11) is 0. The van der Waals surface area contributed by atoms with Gasteiger partial charge in [0.1, 0.15) is 12.4 Å². The molecule has 4 rings (SSSR count). The molecule has 0 spiro atoms. The lowest BCUT2D eigenvalue weighted by Gasteiger charge is -2.30. The highest BCUT2D eigenvalue weighted by atomic mass is 16.2. The van der Waals surface area contributed by atoms with E-state index in [-0.39, 0.29) is 5.91 Å². The lowest BCUT2D eigenvalue weighted by molar-refractivity contribution is -0.133. The summed E-state index contributed by atoms with van der Waals surface area (Å²) in [6.07, 6.45) is 2.94. The van der Waals surface area contributed by atoms with Gasteiger partial charge < -0.3 is 9.47 Å². The van der Waals surface area contributed by atoms with Crippen LogP contribution in [-0.4, -0.2) is 33.4 Å². The van der Waals surface area contributed by atoms with Gasteiger partial charge in [-0.25, -0.2) is 4.98 Å². The zero-order valence-electron chi connectivity index (χ0n) is 15.3. The summed E-state index contributed by atoms with van der Waals surface area (Å²) in [4.78, 5) is 19.7. The van der Waals surface area contributed by atoms with Crippen molar-refractivity contribution in [2.24, 2.45) is 5.92 Å². The predicted molar refractivity (Wildman–Crippen MR) is 104 cm³/mol. The van der Waals surface area contributed by atoms with E-state index in [2.05, 4.69) is 29.7 Å². The largest absolute Gasteiger partial charge is 0.341 e. The average molecular weight is 347 g/mol. The van der Waals surface area contributed by atoms with Crippen LogP contribution in [0.5, 0.6) is 0 Å². The molecule has 2 heterocycles. The molecule has 0 N–H and O–H groups in total. The normalized spacial score (nSPS) is 15.5. The maximum Gasteiger partial charge on any atom is 0.242 e. The van der Waals surface area contributed by atoms with E-state index in [1.54, 1.807) is 0 Å². The van der Waals surface area contributed by atoms with Crippen molar-refractivity contribution in [1.82, 2.24) is 14.5 Å². The predicted octanol–water partition coefficient (Wildman–Crippen LogP) is 3.89. The Kier molecular flexibility index (Phi) is 4.74. The zero-order valence-corrected chi connectivity index (χ0v) is 15.3. The zero-order chi connectivity index (χ0) is 17.9. The first-order valence-electron chi connectivity index (χ1n) is 9.46. The minimum absolute atomic E-state index is 0.203. The first-order chi connectivity index (χ1) is 12.7. The van der Waals surface area contributed by atoms with Gasteiger partial charge in [0, 0.05) is 19.5 Å². The van der Waals surface area contributed by atoms with Crippen molar-refractivity contribution in [1.29, 1.82) is 0 Å². The summed E-state index contributed by atoms with van der Waals surface area (Å²) in [5, 5.41) is 0. The van der Waals surface area contributed by atoms with Gasteiger partial charge in [-0.1, -0.05) is 49.4 Å². The van der Waals surface area contributed by atoms with Crippen LogP contribution in [-0.2, 0) is 17.8 Å². The third kappa shape index (κ3) is 3.50. The molecule has 26 heavy (non-hydrogen) atoms. The monoisotopic (exact) mass is 347 g/mol. The Balaban J connectivity index is 1.62. The Morgan fingerprint density at radius 2 is 1.73 bits per heavy atom. The lowest BCUT2D eigenvalue weighted by Crippen LogP contribution is -2.39. The molecule has 4 nitrogen and oxygen atoms in total. The lowest BCUT2D eigenvalue weighted by atomic mass is 9.99. The molecule has 0 saturated carbocycles. The Morgan fingerprint density at radius 3 is 2.50 bits per heavy atom. The van der Waals surface area contributed by atoms with E-state index in [9.17, 15) is 4.79 Å². The van der Waals surface area contributed by atoms with E-state index in [1.165, 1.54) is 5.56 Å². The number of aromatic nitrogens is 2. The SMILES string of the molecule is CC1CCN(C(=O)Cn2c(Cc3ccccc3)nc3ccccc32)CC1. The van der Waals surface area contributed by atoms with Crippen LogP contribution in [0.4, 0.5) is 0 Å². The minimum Gasteiger partial charge on any atom is -0.341 e. The number of benzene rings is 2. The number of carbonyl (C=O) groups excluding carboxylic acids is 1. The quantitative estimate of drug-likeness (QED) is 0.718. The summed E-state index contributed by atoms with van der Waals surface area (Å²) in [5.74, 6) is 1.88. The van der Waals surface area contributed by atoms with Crippen LogP contribution >= 0.6 is 0 Å². The molecule has 2 aromatic carbocycles. The molecule has 1 fully saturated rings. The first kappa shape index (κ1) is 16.8. The third-order valence-electron chi connectivity index (χ3n) is 5.37. The second-order valence-corrected chi connectivity index (χ2v) is 7.33. The number of amides is 1. The van der Waals surface area contributed by atoms with Gasteiger partial charge in [-0.05, 0) is 36.5 Å². The second-order valence-electron chi connectivity index (χ2n) is 7.33. The van der Waals surface area contributed by atoms with E-state index >= 15 is 0 Å². The number of rotatable bonds is 4. The fourth-order valence-corrected chi connectivity index (χ4v) is 3.71. The van der Waals surface area contributed by atoms with Crippen LogP contribution in [0.3, 0.4) is 0 Å². The van der Waals surface area contributed by atoms with E-state index in [4.69, 9.17) is 4.98 Å². The Bertz CT molecular complexity index is 892. The molecule has 4 heteroatoms. The number of piperidine rings is 1. The van der Waals surface area contributed by atoms with Crippen LogP contribution in [0.2, 0.25) is 0 Å². The molecule has 1 aromatic heterocycles. The van der Waals surface area contributed by atoms with Gasteiger partial charge in [-0.15, -0.1) is 0 Å². The number of carbonyl (C=O) groups is 1. The van der Waals surface area contributed by atoms with Crippen molar-refractivity contribution >= 4 is 16.9 Å². The van der Waals surface area contributed by atoms with Crippen molar-refractivity contribution in [3.05, 3.63) is 66.0 Å². The molecule has 0 radical (unpaired) electrons. The van der Waals surface area contributed by atoms with Crippen molar-refractivity contribution < 1.29 is 4.79 Å². The van der Waals surface area contributed by atoms with Gasteiger partial charge in [-0.2, -0.15) is 0 Å². The molecule has 0 bridgehead atoms. The maximum absolute atomic E-state index is 12.9. The highest BCUT2D eigenvalue weighted by molar-refractivity contribution is 5.81. The van der Waals surface area contributed by atoms with E-state index in [1.807, 2.05) is 41.3 Å². The first-order valence-corrected chi connectivity index (χ1v) is 9.46. The number of para-hydroxylation sites is 2. The standard InChI is InChI=1S/C22H25N3O/c1-17-11-13-24(14-12-17)22(26)16-25-20-10-6-5-9-19(20)23-21(25)15-18-7-3-2-4-8-18/h2-10,17H,11-16H2,1H3. The third-order valence-corrected chi connectivity index (χ3v) is 5.37. The van der Waals surface area contributed by atoms with Crippen molar-refractivity contribution in [2.75, 3.05) is 13.1 Å². The molecule has 1 saturated heterocycles. The number of nitrogens with zero attached hydrogens (tertiary/aromatic N) is 3. The summed E-state index contributed by atoms with van der Waals surface area (Å²) in [6, 6.07) is 18.4. The van der Waals surface area contributed by atoms with Crippen molar-refractivity contribution in [3.8, 4) is 0 Å². The van der Waals surface area contributed by atoms with Gasteiger partial charge in [-0.3, -0.25) is 4.79 Å². The van der Waals surface area contributed by atoms with Crippen LogP contribution in [0.15, 0.2) is 54.6 Å². The van der Waals surface area contributed by atoms with E-state index < -0.39 is 0 Å². The van der Waals surface area contributed by atoms with Crippen LogP contribution in [0.25, 0.3) is 11.0 Å². The van der Waals surface area contributed by atoms with Crippen molar-refractivity contribution in [3.63, 3.8) is 0 Å². The Labute approximate surface area is 154 Å². The molecular weight excluding hydrogens is 322 g/mol. The molecule has 0 unspecified atom stereocenters. The van der Waals surface area contributed by atoms with E-state index in [0.29, 0.717) is 6.54 Å². The number of likely N-dealkylation sites (tertiary alicyclic amines) is 1. The maximum atomic E-state index is 12.9. The van der Waals surface area contributed by atoms with Crippen LogP contribution in [0.1, 0.15) is 31.2 Å². The van der Waals surface area contributed by atoms with Gasteiger partial charge >= 0.3 is 0 Å². The summed E-state index contributed by atoms with van der Waals surface area (Å²) < 4.78 is 2.10. The highest BCUT2D eigenvalue weighted by Crippen LogP contribution is 2.21. The molecule has 3 aromatic rings. The number of hydrogen-bond donors (Lipinski definition) is 0. The smallest absolute Gasteiger partial charge is 0.242 e. The Morgan fingerprint density at radius 1 is 1.04 bits per heavy atom. The molecule has 1 aliphatic heterocycles. The van der Waals surface area contributed by atoms with Gasteiger partial charge in [0.2, 0.25) is 5.91 Å². The van der Waals surface area contributed by atoms with Crippen molar-refractivity contribution in [2.45, 2.75) is 32.7 Å². The van der Waals surface area contributed by atoms with Crippen LogP contribution in [0, 0.1) is 5.92 Å². The fourth-order valence-electron chi connectivity index (χ4n) is 3.71. The van der Waals surface area contributed by atoms with E-state index in [0.717, 1.165) is 55.1 Å². The van der Waals surface area contributed by atoms with Gasteiger partial charge in [0.25, 0.3) is 0 Å². The fraction of sp³-hybridized carbons (Fsp3) is 0.364. The van der Waals surface area contributed by atoms with Gasteiger partial charge in [0.15, 0.2) is 0 Å². The highest BCUT2D eigenvalue weighted by Gasteiger charge is 2.22. The summed E-state index contributed by atoms with van der Waals surface area (Å²) >= 11 is 0. The number of imidazole rings is 1. The molecule has 1 aliphatic rings. The second kappa shape index (κ2) is 7.32. The number of hydrogen-bond acceptors (Lipinski definition) is 2. The molecule has 0 atom stereocenters. The van der Waals surface area contributed by atoms with Gasteiger partial charge in [0.05, 0.1) is 11.0 Å². The molecule has 134 valence electrons. The summed E-state index contributed by atoms with van der Waals surface area (Å²) in [6.45, 7) is 4.39. The summed E-state index contributed by atoms with van der Waals surface area (Å²) in [5.41, 5.74) is 3.21. The average Bonchev–Trinajstić information content (AvgIpc) is 3.00. The number of fused-ring (bicyclic) bond motifs is 1.